The summed E-state index contributed by atoms with van der Waals surface area (Å²) in [7, 11) is 1.81. The minimum Gasteiger partial charge on any atom is -0.361 e. The molecule has 1 atom stereocenters. The third-order valence-corrected chi connectivity index (χ3v) is 4.56. The van der Waals surface area contributed by atoms with Crippen LogP contribution in [0.1, 0.15) is 29.7 Å². The molecule has 4 heteroatoms. The highest BCUT2D eigenvalue weighted by molar-refractivity contribution is 5.86. The number of H-pyrrole nitrogens is 1. The Balaban J connectivity index is 1.58. The van der Waals surface area contributed by atoms with Gasteiger partial charge in [-0.2, -0.15) is 0 Å². The Hall–Kier alpha value is -2.75. The van der Waals surface area contributed by atoms with Crippen molar-refractivity contribution in [2.24, 2.45) is 4.99 Å². The van der Waals surface area contributed by atoms with Crippen molar-refractivity contribution >= 4 is 16.9 Å². The predicted octanol–water partition coefficient (Wildman–Crippen LogP) is 3.95. The van der Waals surface area contributed by atoms with E-state index in [2.05, 4.69) is 83.1 Å². The average molecular weight is 334 g/mol. The Morgan fingerprint density at radius 1 is 1.12 bits per heavy atom. The molecular formula is C21H26N4. The number of hydrogen-bond acceptors (Lipinski definition) is 1. The number of nitrogens with zero attached hydrogens (tertiary/aromatic N) is 1. The Bertz CT molecular complexity index is 849. The largest absolute Gasteiger partial charge is 0.361 e. The van der Waals surface area contributed by atoms with E-state index in [4.69, 9.17) is 0 Å². The molecule has 0 fully saturated rings. The van der Waals surface area contributed by atoms with Crippen LogP contribution in [-0.4, -0.2) is 24.5 Å². The molecule has 0 aliphatic heterocycles. The summed E-state index contributed by atoms with van der Waals surface area (Å²) in [6, 6.07) is 17.0. The average Bonchev–Trinajstić information content (AvgIpc) is 3.06. The molecule has 2 aromatic carbocycles. The molecule has 0 aliphatic carbocycles. The first-order chi connectivity index (χ1) is 12.2. The SMILES string of the molecule is CN=C(NCCc1c[nH]c2cccc(C)c12)NC(C)c1ccccc1. The Morgan fingerprint density at radius 3 is 2.68 bits per heavy atom. The van der Waals surface area contributed by atoms with Gasteiger partial charge in [-0.3, -0.25) is 4.99 Å². The van der Waals surface area contributed by atoms with Gasteiger partial charge in [-0.25, -0.2) is 0 Å². The molecule has 3 rings (SSSR count). The number of aromatic amines is 1. The molecule has 1 aromatic heterocycles. The monoisotopic (exact) mass is 334 g/mol. The molecule has 0 spiro atoms. The van der Waals surface area contributed by atoms with Gasteiger partial charge in [0.15, 0.2) is 5.96 Å². The van der Waals surface area contributed by atoms with Crippen LogP contribution in [0.3, 0.4) is 0 Å². The van der Waals surface area contributed by atoms with Gasteiger partial charge in [0.25, 0.3) is 0 Å². The molecule has 130 valence electrons. The lowest BCUT2D eigenvalue weighted by molar-refractivity contribution is 0.684. The summed E-state index contributed by atoms with van der Waals surface area (Å²) in [5.41, 5.74) is 5.11. The summed E-state index contributed by atoms with van der Waals surface area (Å²) in [6.07, 6.45) is 3.06. The maximum Gasteiger partial charge on any atom is 0.191 e. The zero-order chi connectivity index (χ0) is 17.6. The molecule has 25 heavy (non-hydrogen) atoms. The van der Waals surface area contributed by atoms with Gasteiger partial charge in [0.1, 0.15) is 0 Å². The fourth-order valence-corrected chi connectivity index (χ4v) is 3.19. The van der Waals surface area contributed by atoms with Crippen molar-refractivity contribution in [3.05, 3.63) is 71.4 Å². The second-order valence-corrected chi connectivity index (χ2v) is 6.34. The van der Waals surface area contributed by atoms with Gasteiger partial charge in [-0.1, -0.05) is 42.5 Å². The van der Waals surface area contributed by atoms with E-state index in [1.807, 2.05) is 13.1 Å². The standard InChI is InChI=1S/C21H26N4/c1-15-8-7-11-19-20(15)18(14-24-19)12-13-23-21(22-3)25-16(2)17-9-5-4-6-10-17/h4-11,14,16,24H,12-13H2,1-3H3,(H2,22,23,25). The number of hydrogen-bond donors (Lipinski definition) is 3. The van der Waals surface area contributed by atoms with Crippen LogP contribution in [0.4, 0.5) is 0 Å². The van der Waals surface area contributed by atoms with Crippen molar-refractivity contribution in [2.75, 3.05) is 13.6 Å². The number of aromatic nitrogens is 1. The van der Waals surface area contributed by atoms with Crippen LogP contribution in [0.2, 0.25) is 0 Å². The van der Waals surface area contributed by atoms with Gasteiger partial charge in [0.2, 0.25) is 0 Å². The van der Waals surface area contributed by atoms with Crippen LogP contribution in [0, 0.1) is 6.92 Å². The van der Waals surface area contributed by atoms with E-state index in [1.54, 1.807) is 0 Å². The molecule has 0 radical (unpaired) electrons. The number of rotatable bonds is 5. The molecule has 1 heterocycles. The van der Waals surface area contributed by atoms with Crippen LogP contribution in [0.15, 0.2) is 59.7 Å². The third kappa shape index (κ3) is 4.02. The van der Waals surface area contributed by atoms with E-state index < -0.39 is 0 Å². The summed E-state index contributed by atoms with van der Waals surface area (Å²) >= 11 is 0. The van der Waals surface area contributed by atoms with E-state index in [0.29, 0.717) is 0 Å². The zero-order valence-corrected chi connectivity index (χ0v) is 15.1. The minimum atomic E-state index is 0.211. The van der Waals surface area contributed by atoms with Gasteiger partial charge in [0, 0.05) is 30.7 Å². The maximum absolute atomic E-state index is 4.34. The van der Waals surface area contributed by atoms with Crippen molar-refractivity contribution in [3.63, 3.8) is 0 Å². The summed E-state index contributed by atoms with van der Waals surface area (Å²) in [5.74, 6) is 0.827. The summed E-state index contributed by atoms with van der Waals surface area (Å²) in [4.78, 5) is 7.70. The Kier molecular flexibility index (Phi) is 5.39. The summed E-state index contributed by atoms with van der Waals surface area (Å²) in [5, 5.41) is 8.20. The molecule has 0 saturated heterocycles. The molecule has 0 saturated carbocycles. The molecule has 0 aliphatic rings. The summed E-state index contributed by atoms with van der Waals surface area (Å²) in [6.45, 7) is 5.14. The molecule has 4 nitrogen and oxygen atoms in total. The van der Waals surface area contributed by atoms with E-state index in [1.165, 1.54) is 27.6 Å². The first kappa shape index (κ1) is 17.1. The quantitative estimate of drug-likeness (QED) is 0.489. The number of aryl methyl sites for hydroxylation is 1. The van der Waals surface area contributed by atoms with E-state index in [-0.39, 0.29) is 6.04 Å². The smallest absolute Gasteiger partial charge is 0.191 e. The summed E-state index contributed by atoms with van der Waals surface area (Å²) < 4.78 is 0. The van der Waals surface area contributed by atoms with E-state index in [0.717, 1.165) is 18.9 Å². The second-order valence-electron chi connectivity index (χ2n) is 6.34. The zero-order valence-electron chi connectivity index (χ0n) is 15.1. The normalized spacial score (nSPS) is 13.0. The molecule has 3 aromatic rings. The second kappa shape index (κ2) is 7.88. The van der Waals surface area contributed by atoms with Crippen LogP contribution >= 0.6 is 0 Å². The third-order valence-electron chi connectivity index (χ3n) is 4.56. The van der Waals surface area contributed by atoms with Crippen molar-refractivity contribution < 1.29 is 0 Å². The van der Waals surface area contributed by atoms with Gasteiger partial charge < -0.3 is 15.6 Å². The highest BCUT2D eigenvalue weighted by Gasteiger charge is 2.08. The Morgan fingerprint density at radius 2 is 1.92 bits per heavy atom. The van der Waals surface area contributed by atoms with Gasteiger partial charge in [-0.15, -0.1) is 0 Å². The lowest BCUT2D eigenvalue weighted by atomic mass is 10.1. The maximum atomic E-state index is 4.34. The number of nitrogens with one attached hydrogen (secondary N) is 3. The van der Waals surface area contributed by atoms with Crippen molar-refractivity contribution in [2.45, 2.75) is 26.3 Å². The van der Waals surface area contributed by atoms with Crippen molar-refractivity contribution in [3.8, 4) is 0 Å². The predicted molar refractivity (Wildman–Crippen MR) is 106 cm³/mol. The lowest BCUT2D eigenvalue weighted by Gasteiger charge is -2.18. The van der Waals surface area contributed by atoms with Gasteiger partial charge in [0.05, 0.1) is 6.04 Å². The fourth-order valence-electron chi connectivity index (χ4n) is 3.19. The highest BCUT2D eigenvalue weighted by atomic mass is 15.2. The van der Waals surface area contributed by atoms with E-state index >= 15 is 0 Å². The highest BCUT2D eigenvalue weighted by Crippen LogP contribution is 2.22. The van der Waals surface area contributed by atoms with Crippen LogP contribution in [0.5, 0.6) is 0 Å². The molecular weight excluding hydrogens is 308 g/mol. The lowest BCUT2D eigenvalue weighted by Crippen LogP contribution is -2.39. The number of guanidine groups is 1. The molecule has 0 amide bonds. The molecule has 1 unspecified atom stereocenters. The fraction of sp³-hybridized carbons (Fsp3) is 0.286. The van der Waals surface area contributed by atoms with Gasteiger partial charge in [-0.05, 0) is 43.0 Å². The van der Waals surface area contributed by atoms with E-state index in [9.17, 15) is 0 Å². The number of aliphatic imine (C=N–C) groups is 1. The Labute approximate surface area is 149 Å². The molecule has 0 bridgehead atoms. The number of benzene rings is 2. The van der Waals surface area contributed by atoms with Gasteiger partial charge >= 0.3 is 0 Å². The molecule has 3 N–H and O–H groups in total. The first-order valence-electron chi connectivity index (χ1n) is 8.76. The van der Waals surface area contributed by atoms with Crippen LogP contribution in [0.25, 0.3) is 10.9 Å². The van der Waals surface area contributed by atoms with Crippen molar-refractivity contribution in [1.82, 2.24) is 15.6 Å². The van der Waals surface area contributed by atoms with Crippen LogP contribution in [-0.2, 0) is 6.42 Å². The first-order valence-corrected chi connectivity index (χ1v) is 8.76. The van der Waals surface area contributed by atoms with Crippen molar-refractivity contribution in [1.29, 1.82) is 0 Å². The number of fused-ring (bicyclic) bond motifs is 1. The van der Waals surface area contributed by atoms with Crippen LogP contribution < -0.4 is 10.6 Å². The topological polar surface area (TPSA) is 52.2 Å². The minimum absolute atomic E-state index is 0.211.